The number of alkyl halides is 3. The minimum Gasteiger partial charge on any atom is -0.856 e. The Bertz CT molecular complexity index is 670. The van der Waals surface area contributed by atoms with E-state index in [0.717, 1.165) is 6.07 Å². The van der Waals surface area contributed by atoms with Crippen LogP contribution >= 0.6 is 0 Å². The molecule has 0 aliphatic rings. The molecule has 0 saturated carbocycles. The van der Waals surface area contributed by atoms with E-state index in [1.165, 1.54) is 18.2 Å². The smallest absolute Gasteiger partial charge is 0.434 e. The molecule has 8 nitrogen and oxygen atoms in total. The lowest BCUT2D eigenvalue weighted by molar-refractivity contribution is -0.384. The maximum atomic E-state index is 12.6. The first-order valence-corrected chi connectivity index (χ1v) is 5.38. The molecular weight excluding hydrogens is 295 g/mol. The Hall–Kier alpha value is -2.98. The van der Waals surface area contributed by atoms with E-state index in [-0.39, 0.29) is 11.4 Å². The van der Waals surface area contributed by atoms with Crippen molar-refractivity contribution in [3.05, 3.63) is 40.1 Å². The molecule has 3 N–H and O–H groups in total. The van der Waals surface area contributed by atoms with Crippen LogP contribution in [0, 0.1) is 10.1 Å². The predicted molar refractivity (Wildman–Crippen MR) is 63.4 cm³/mol. The molecule has 0 fully saturated rings. The summed E-state index contributed by atoms with van der Waals surface area (Å²) in [7, 11) is 0. The van der Waals surface area contributed by atoms with Gasteiger partial charge in [-0.2, -0.15) is 18.3 Å². The third kappa shape index (κ3) is 3.13. The Morgan fingerprint density at radius 1 is 1.29 bits per heavy atom. The van der Waals surface area contributed by atoms with Crippen LogP contribution in [0.4, 0.5) is 30.2 Å². The number of nitrogens with zero attached hydrogens (tertiary/aromatic N) is 2. The number of rotatable bonds is 4. The summed E-state index contributed by atoms with van der Waals surface area (Å²) in [5.41, 5.74) is 2.02. The molecule has 1 heterocycles. The predicted octanol–water partition coefficient (Wildman–Crippen LogP) is 1.85. The fraction of sp³-hybridized carbons (Fsp3) is 0.100. The van der Waals surface area contributed by atoms with Gasteiger partial charge in [-0.25, -0.2) is 0 Å². The third-order valence-corrected chi connectivity index (χ3v) is 2.41. The van der Waals surface area contributed by atoms with Gasteiger partial charge >= 0.3 is 6.18 Å². The summed E-state index contributed by atoms with van der Waals surface area (Å²) in [4.78, 5) is 9.91. The molecule has 112 valence electrons. The number of aromatic amines is 1. The fourth-order valence-corrected chi connectivity index (χ4v) is 1.48. The van der Waals surface area contributed by atoms with Gasteiger partial charge in [-0.3, -0.25) is 20.6 Å². The van der Waals surface area contributed by atoms with Crippen molar-refractivity contribution >= 4 is 17.1 Å². The minimum atomic E-state index is -4.79. The number of hydrogen-bond acceptors (Lipinski definition) is 6. The van der Waals surface area contributed by atoms with Crippen LogP contribution in [0.3, 0.4) is 0 Å². The Kier molecular flexibility index (Phi) is 3.56. The number of anilines is 2. The molecule has 0 saturated heterocycles. The number of nitrogens with one attached hydrogen (secondary N) is 3. The van der Waals surface area contributed by atoms with Crippen LogP contribution in [-0.4, -0.2) is 15.1 Å². The number of benzene rings is 1. The van der Waals surface area contributed by atoms with Crippen LogP contribution in [-0.2, 0) is 6.18 Å². The first-order valence-electron chi connectivity index (χ1n) is 5.38. The van der Waals surface area contributed by atoms with Crippen molar-refractivity contribution in [2.75, 3.05) is 10.9 Å². The standard InChI is InChI=1S/C10H8F3N5O3/c11-10(12,13)8-7(9(19)17-16-8)15-14-5-2-1-3-6(4-5)18(20)21/h1-4,14-15H,(H2,16,17,19)/p-1. The van der Waals surface area contributed by atoms with Crippen LogP contribution in [0.2, 0.25) is 0 Å². The molecule has 2 aromatic rings. The van der Waals surface area contributed by atoms with Crippen LogP contribution < -0.4 is 16.0 Å². The molecule has 0 bridgehead atoms. The summed E-state index contributed by atoms with van der Waals surface area (Å²) >= 11 is 0. The van der Waals surface area contributed by atoms with E-state index in [1.807, 2.05) is 0 Å². The Morgan fingerprint density at radius 3 is 2.62 bits per heavy atom. The van der Waals surface area contributed by atoms with E-state index < -0.39 is 28.4 Å². The Morgan fingerprint density at radius 2 is 2.00 bits per heavy atom. The molecule has 1 aromatic heterocycles. The summed E-state index contributed by atoms with van der Waals surface area (Å²) in [6.07, 6.45) is -4.79. The summed E-state index contributed by atoms with van der Waals surface area (Å²) in [6.45, 7) is 0. The second-order valence-corrected chi connectivity index (χ2v) is 3.83. The van der Waals surface area contributed by atoms with E-state index in [9.17, 15) is 28.4 Å². The molecule has 0 aliphatic carbocycles. The van der Waals surface area contributed by atoms with Gasteiger partial charge in [-0.1, -0.05) is 6.07 Å². The number of nitro benzene ring substituents is 1. The SMILES string of the molecule is O=[N+]([O-])c1cccc(NNc2c([O-])n[nH]c2C(F)(F)F)c1. The highest BCUT2D eigenvalue weighted by atomic mass is 19.4. The number of hydrogen-bond donors (Lipinski definition) is 3. The van der Waals surface area contributed by atoms with Crippen molar-refractivity contribution in [1.82, 2.24) is 10.2 Å². The van der Waals surface area contributed by atoms with Crippen molar-refractivity contribution in [3.8, 4) is 5.88 Å². The van der Waals surface area contributed by atoms with E-state index >= 15 is 0 Å². The van der Waals surface area contributed by atoms with Gasteiger partial charge in [-0.05, 0) is 6.07 Å². The first-order chi connectivity index (χ1) is 9.79. The first kappa shape index (κ1) is 14.4. The molecule has 11 heteroatoms. The lowest BCUT2D eigenvalue weighted by Gasteiger charge is -2.14. The summed E-state index contributed by atoms with van der Waals surface area (Å²) < 4.78 is 37.8. The molecule has 1 aromatic carbocycles. The zero-order chi connectivity index (χ0) is 15.6. The zero-order valence-electron chi connectivity index (χ0n) is 10.1. The molecule has 0 aliphatic heterocycles. The van der Waals surface area contributed by atoms with E-state index in [0.29, 0.717) is 0 Å². The van der Waals surface area contributed by atoms with Crippen LogP contribution in [0.15, 0.2) is 24.3 Å². The topological polar surface area (TPSA) is 119 Å². The maximum Gasteiger partial charge on any atom is 0.434 e. The lowest BCUT2D eigenvalue weighted by Crippen LogP contribution is -2.15. The second kappa shape index (κ2) is 5.19. The lowest BCUT2D eigenvalue weighted by atomic mass is 10.3. The monoisotopic (exact) mass is 302 g/mol. The molecule has 0 unspecified atom stereocenters. The van der Waals surface area contributed by atoms with Gasteiger partial charge in [0.1, 0.15) is 0 Å². The number of aromatic nitrogens is 2. The Balaban J connectivity index is 2.19. The van der Waals surface area contributed by atoms with Gasteiger partial charge < -0.3 is 10.5 Å². The van der Waals surface area contributed by atoms with Gasteiger partial charge in [0.05, 0.1) is 16.3 Å². The van der Waals surface area contributed by atoms with Crippen molar-refractivity contribution in [2.45, 2.75) is 6.18 Å². The van der Waals surface area contributed by atoms with Gasteiger partial charge in [0.25, 0.3) is 5.69 Å². The number of non-ortho nitro benzene ring substituents is 1. The summed E-state index contributed by atoms with van der Waals surface area (Å²) in [6, 6.07) is 5.01. The summed E-state index contributed by atoms with van der Waals surface area (Å²) in [5, 5.41) is 26.3. The third-order valence-electron chi connectivity index (χ3n) is 2.41. The quantitative estimate of drug-likeness (QED) is 0.585. The van der Waals surface area contributed by atoms with Crippen molar-refractivity contribution in [1.29, 1.82) is 0 Å². The normalized spacial score (nSPS) is 11.2. The molecule has 0 radical (unpaired) electrons. The molecule has 2 rings (SSSR count). The van der Waals surface area contributed by atoms with E-state index in [2.05, 4.69) is 16.0 Å². The van der Waals surface area contributed by atoms with Gasteiger partial charge in [0, 0.05) is 18.0 Å². The number of H-pyrrole nitrogens is 1. The zero-order valence-corrected chi connectivity index (χ0v) is 10.1. The molecule has 0 spiro atoms. The molecule has 0 atom stereocenters. The van der Waals surface area contributed by atoms with E-state index in [1.54, 1.807) is 5.10 Å². The van der Waals surface area contributed by atoms with Crippen molar-refractivity contribution in [2.24, 2.45) is 0 Å². The van der Waals surface area contributed by atoms with E-state index in [4.69, 9.17) is 0 Å². The highest BCUT2D eigenvalue weighted by molar-refractivity contribution is 5.61. The van der Waals surface area contributed by atoms with Crippen LogP contribution in [0.5, 0.6) is 5.88 Å². The van der Waals surface area contributed by atoms with Crippen molar-refractivity contribution < 1.29 is 23.2 Å². The van der Waals surface area contributed by atoms with Gasteiger partial charge in [-0.15, -0.1) is 0 Å². The molecular formula is C10H7F3N5O3-. The average Bonchev–Trinajstić information content (AvgIpc) is 2.78. The van der Waals surface area contributed by atoms with Crippen LogP contribution in [0.25, 0.3) is 0 Å². The van der Waals surface area contributed by atoms with Crippen LogP contribution in [0.1, 0.15) is 5.69 Å². The highest BCUT2D eigenvalue weighted by Crippen LogP contribution is 2.36. The number of nitro groups is 1. The molecule has 0 amide bonds. The van der Waals surface area contributed by atoms with Gasteiger partial charge in [0.2, 0.25) is 0 Å². The van der Waals surface area contributed by atoms with Gasteiger partial charge in [0.15, 0.2) is 5.69 Å². The second-order valence-electron chi connectivity index (χ2n) is 3.83. The summed E-state index contributed by atoms with van der Waals surface area (Å²) in [5.74, 6) is -1.14. The number of halogens is 3. The van der Waals surface area contributed by atoms with Crippen molar-refractivity contribution in [3.63, 3.8) is 0 Å². The molecule has 21 heavy (non-hydrogen) atoms. The minimum absolute atomic E-state index is 0.109. The average molecular weight is 302 g/mol. The Labute approximate surface area is 114 Å². The maximum absolute atomic E-state index is 12.6. The largest absolute Gasteiger partial charge is 0.856 e. The fourth-order valence-electron chi connectivity index (χ4n) is 1.48. The highest BCUT2D eigenvalue weighted by Gasteiger charge is 2.36. The number of hydrazine groups is 1.